The molecule has 1 atom stereocenters. The zero-order valence-corrected chi connectivity index (χ0v) is 8.60. The van der Waals surface area contributed by atoms with Gasteiger partial charge in [-0.15, -0.1) is 0 Å². The van der Waals surface area contributed by atoms with E-state index in [0.29, 0.717) is 5.02 Å². The molecule has 1 fully saturated rings. The minimum absolute atomic E-state index is 0.0457. The zero-order chi connectivity index (χ0) is 10.1. The molecule has 1 saturated carbocycles. The van der Waals surface area contributed by atoms with E-state index in [4.69, 9.17) is 17.3 Å². The molecule has 0 heterocycles. The van der Waals surface area contributed by atoms with Gasteiger partial charge in [-0.05, 0) is 30.0 Å². The van der Waals surface area contributed by atoms with Crippen LogP contribution in [0.1, 0.15) is 30.9 Å². The molecule has 0 amide bonds. The molecular formula is C11H13ClFN. The first-order valence-corrected chi connectivity index (χ1v) is 5.25. The molecule has 1 aliphatic carbocycles. The van der Waals surface area contributed by atoms with Gasteiger partial charge in [-0.25, -0.2) is 4.39 Å². The number of benzene rings is 1. The van der Waals surface area contributed by atoms with E-state index in [1.807, 2.05) is 0 Å². The van der Waals surface area contributed by atoms with Crippen LogP contribution < -0.4 is 5.73 Å². The van der Waals surface area contributed by atoms with Crippen molar-refractivity contribution in [3.8, 4) is 0 Å². The van der Waals surface area contributed by atoms with Gasteiger partial charge in [0.15, 0.2) is 0 Å². The molecule has 2 N–H and O–H groups in total. The fraction of sp³-hybridized carbons (Fsp3) is 0.455. The highest BCUT2D eigenvalue weighted by Gasteiger charge is 2.25. The summed E-state index contributed by atoms with van der Waals surface area (Å²) in [5, 5.41) is 0.443. The van der Waals surface area contributed by atoms with Crippen molar-refractivity contribution in [1.29, 1.82) is 0 Å². The number of hydrogen-bond donors (Lipinski definition) is 1. The molecule has 1 aromatic carbocycles. The second-order valence-corrected chi connectivity index (χ2v) is 4.36. The van der Waals surface area contributed by atoms with Gasteiger partial charge in [-0.2, -0.15) is 0 Å². The lowest BCUT2D eigenvalue weighted by atomic mass is 10.0. The maximum Gasteiger partial charge on any atom is 0.124 e. The number of halogens is 2. The SMILES string of the molecule is N[C@@H](CC1CC1)c1ccc(F)cc1Cl. The molecule has 0 saturated heterocycles. The second-order valence-electron chi connectivity index (χ2n) is 3.95. The Balaban J connectivity index is 2.13. The molecule has 3 heteroatoms. The molecule has 14 heavy (non-hydrogen) atoms. The summed E-state index contributed by atoms with van der Waals surface area (Å²) < 4.78 is 12.8. The van der Waals surface area contributed by atoms with Gasteiger partial charge in [0, 0.05) is 11.1 Å². The number of hydrogen-bond acceptors (Lipinski definition) is 1. The Morgan fingerprint density at radius 2 is 2.21 bits per heavy atom. The summed E-state index contributed by atoms with van der Waals surface area (Å²) in [4.78, 5) is 0. The van der Waals surface area contributed by atoms with Gasteiger partial charge in [0.2, 0.25) is 0 Å². The fourth-order valence-electron chi connectivity index (χ4n) is 1.64. The van der Waals surface area contributed by atoms with Crippen LogP contribution >= 0.6 is 11.6 Å². The molecule has 0 aliphatic heterocycles. The maximum atomic E-state index is 12.8. The predicted molar refractivity (Wildman–Crippen MR) is 55.7 cm³/mol. The summed E-state index contributed by atoms with van der Waals surface area (Å²) in [5.74, 6) is 0.448. The summed E-state index contributed by atoms with van der Waals surface area (Å²) in [7, 11) is 0. The minimum Gasteiger partial charge on any atom is -0.324 e. The Morgan fingerprint density at radius 1 is 1.50 bits per heavy atom. The molecule has 1 aliphatic rings. The van der Waals surface area contributed by atoms with Crippen LogP contribution in [0, 0.1) is 11.7 Å². The molecule has 0 aromatic heterocycles. The van der Waals surface area contributed by atoms with Crippen molar-refractivity contribution in [1.82, 2.24) is 0 Å². The third-order valence-corrected chi connectivity index (χ3v) is 2.97. The Labute approximate surface area is 88.1 Å². The highest BCUT2D eigenvalue weighted by Crippen LogP contribution is 2.38. The van der Waals surface area contributed by atoms with Gasteiger partial charge in [0.05, 0.1) is 0 Å². The molecule has 0 bridgehead atoms. The van der Waals surface area contributed by atoms with Crippen LogP contribution in [0.4, 0.5) is 4.39 Å². The van der Waals surface area contributed by atoms with E-state index in [1.54, 1.807) is 6.07 Å². The topological polar surface area (TPSA) is 26.0 Å². The minimum atomic E-state index is -0.308. The standard InChI is InChI=1S/C11H13ClFN/c12-10-6-8(13)3-4-9(10)11(14)5-7-1-2-7/h3-4,6-7,11H,1-2,5,14H2/t11-/m0/s1. The summed E-state index contributed by atoms with van der Waals surface area (Å²) in [6.07, 6.45) is 3.50. The first-order valence-electron chi connectivity index (χ1n) is 4.87. The Hall–Kier alpha value is -0.600. The molecule has 2 rings (SSSR count). The maximum absolute atomic E-state index is 12.8. The summed E-state index contributed by atoms with van der Waals surface area (Å²) in [6, 6.07) is 4.37. The van der Waals surface area contributed by atoms with Crippen LogP contribution in [0.25, 0.3) is 0 Å². The van der Waals surface area contributed by atoms with Crippen LogP contribution in [0.2, 0.25) is 5.02 Å². The lowest BCUT2D eigenvalue weighted by Gasteiger charge is -2.12. The molecule has 1 aromatic rings. The first-order chi connectivity index (χ1) is 6.66. The lowest BCUT2D eigenvalue weighted by Crippen LogP contribution is -2.11. The fourth-order valence-corrected chi connectivity index (χ4v) is 1.95. The average molecular weight is 214 g/mol. The van der Waals surface area contributed by atoms with Gasteiger partial charge < -0.3 is 5.73 Å². The normalized spacial score (nSPS) is 18.2. The van der Waals surface area contributed by atoms with Gasteiger partial charge >= 0.3 is 0 Å². The van der Waals surface area contributed by atoms with E-state index in [9.17, 15) is 4.39 Å². The quantitative estimate of drug-likeness (QED) is 0.820. The number of nitrogens with two attached hydrogens (primary N) is 1. The summed E-state index contributed by atoms with van der Waals surface area (Å²) in [6.45, 7) is 0. The van der Waals surface area contributed by atoms with Gasteiger partial charge in [0.1, 0.15) is 5.82 Å². The smallest absolute Gasteiger partial charge is 0.124 e. The van der Waals surface area contributed by atoms with E-state index in [2.05, 4.69) is 0 Å². The van der Waals surface area contributed by atoms with Crippen LogP contribution in [-0.4, -0.2) is 0 Å². The molecule has 0 radical (unpaired) electrons. The highest BCUT2D eigenvalue weighted by molar-refractivity contribution is 6.31. The Kier molecular flexibility index (Phi) is 2.75. The van der Waals surface area contributed by atoms with E-state index < -0.39 is 0 Å². The van der Waals surface area contributed by atoms with Gasteiger partial charge in [-0.3, -0.25) is 0 Å². The van der Waals surface area contributed by atoms with Crippen molar-refractivity contribution in [2.45, 2.75) is 25.3 Å². The van der Waals surface area contributed by atoms with Crippen LogP contribution in [0.15, 0.2) is 18.2 Å². The molecular weight excluding hydrogens is 201 g/mol. The molecule has 0 spiro atoms. The Morgan fingerprint density at radius 3 is 2.79 bits per heavy atom. The van der Waals surface area contributed by atoms with Gasteiger partial charge in [0.25, 0.3) is 0 Å². The van der Waals surface area contributed by atoms with Crippen molar-refractivity contribution in [2.24, 2.45) is 11.7 Å². The summed E-state index contributed by atoms with van der Waals surface area (Å²) >= 11 is 5.91. The third-order valence-electron chi connectivity index (χ3n) is 2.65. The first kappa shape index (κ1) is 9.94. The number of rotatable bonds is 3. The van der Waals surface area contributed by atoms with Crippen molar-refractivity contribution in [3.63, 3.8) is 0 Å². The van der Waals surface area contributed by atoms with Crippen molar-refractivity contribution in [3.05, 3.63) is 34.6 Å². The zero-order valence-electron chi connectivity index (χ0n) is 7.84. The predicted octanol–water partition coefficient (Wildman–Crippen LogP) is 3.28. The van der Waals surface area contributed by atoms with Crippen molar-refractivity contribution < 1.29 is 4.39 Å². The van der Waals surface area contributed by atoms with E-state index in [1.165, 1.54) is 25.0 Å². The van der Waals surface area contributed by atoms with Crippen LogP contribution in [-0.2, 0) is 0 Å². The largest absolute Gasteiger partial charge is 0.324 e. The monoisotopic (exact) mass is 213 g/mol. The molecule has 76 valence electrons. The van der Waals surface area contributed by atoms with E-state index in [-0.39, 0.29) is 11.9 Å². The molecule has 1 nitrogen and oxygen atoms in total. The van der Waals surface area contributed by atoms with Crippen molar-refractivity contribution in [2.75, 3.05) is 0 Å². The van der Waals surface area contributed by atoms with Gasteiger partial charge in [-0.1, -0.05) is 30.5 Å². The third kappa shape index (κ3) is 2.25. The van der Waals surface area contributed by atoms with E-state index in [0.717, 1.165) is 17.9 Å². The summed E-state index contributed by atoms with van der Waals surface area (Å²) in [5.41, 5.74) is 6.84. The van der Waals surface area contributed by atoms with Crippen LogP contribution in [0.3, 0.4) is 0 Å². The molecule has 0 unspecified atom stereocenters. The van der Waals surface area contributed by atoms with Crippen molar-refractivity contribution >= 4 is 11.6 Å². The Bertz CT molecular complexity index is 336. The average Bonchev–Trinajstić information content (AvgIpc) is 2.87. The highest BCUT2D eigenvalue weighted by atomic mass is 35.5. The lowest BCUT2D eigenvalue weighted by molar-refractivity contribution is 0.591. The van der Waals surface area contributed by atoms with Crippen LogP contribution in [0.5, 0.6) is 0 Å². The van der Waals surface area contributed by atoms with E-state index >= 15 is 0 Å². The second kappa shape index (κ2) is 3.87.